The van der Waals surface area contributed by atoms with E-state index >= 15 is 0 Å². The van der Waals surface area contributed by atoms with Crippen LogP contribution in [0.1, 0.15) is 0 Å². The standard InChI is InChI=1S/C14H11N3/c1-2-5-11(6-3-1)14-13(10-16-17-14)12-7-4-8-15-9-12/h1-10H,(H,16,17). The van der Waals surface area contributed by atoms with Crippen molar-refractivity contribution < 1.29 is 0 Å². The molecular formula is C14H11N3. The molecule has 0 amide bonds. The molecule has 0 atom stereocenters. The maximum atomic E-state index is 4.13. The summed E-state index contributed by atoms with van der Waals surface area (Å²) in [6.45, 7) is 0. The Bertz CT molecular complexity index is 546. The first-order valence-corrected chi connectivity index (χ1v) is 5.44. The first kappa shape index (κ1) is 9.78. The molecule has 0 fully saturated rings. The summed E-state index contributed by atoms with van der Waals surface area (Å²) < 4.78 is 0. The number of hydrogen-bond acceptors (Lipinski definition) is 2. The number of rotatable bonds is 2. The van der Waals surface area contributed by atoms with Gasteiger partial charge >= 0.3 is 0 Å². The minimum absolute atomic E-state index is 1.03. The van der Waals surface area contributed by atoms with Crippen molar-refractivity contribution in [3.8, 4) is 22.4 Å². The van der Waals surface area contributed by atoms with Crippen molar-refractivity contribution in [1.82, 2.24) is 15.2 Å². The van der Waals surface area contributed by atoms with E-state index in [1.54, 1.807) is 6.20 Å². The van der Waals surface area contributed by atoms with Crippen LogP contribution in [0.25, 0.3) is 22.4 Å². The minimum Gasteiger partial charge on any atom is -0.277 e. The summed E-state index contributed by atoms with van der Waals surface area (Å²) in [7, 11) is 0. The van der Waals surface area contributed by atoms with Gasteiger partial charge in [-0.05, 0) is 6.07 Å². The highest BCUT2D eigenvalue weighted by atomic mass is 15.1. The summed E-state index contributed by atoms with van der Waals surface area (Å²) in [5, 5.41) is 7.16. The predicted octanol–water partition coefficient (Wildman–Crippen LogP) is 3.14. The normalized spacial score (nSPS) is 10.4. The van der Waals surface area contributed by atoms with Crippen molar-refractivity contribution in [1.29, 1.82) is 0 Å². The lowest BCUT2D eigenvalue weighted by Crippen LogP contribution is -1.82. The molecule has 0 aliphatic rings. The largest absolute Gasteiger partial charge is 0.277 e. The van der Waals surface area contributed by atoms with Crippen molar-refractivity contribution in [2.24, 2.45) is 0 Å². The number of pyridine rings is 1. The molecule has 0 saturated carbocycles. The van der Waals surface area contributed by atoms with Crippen LogP contribution in [0.5, 0.6) is 0 Å². The first-order valence-electron chi connectivity index (χ1n) is 5.44. The number of nitrogens with zero attached hydrogens (tertiary/aromatic N) is 2. The third-order valence-corrected chi connectivity index (χ3v) is 2.67. The highest BCUT2D eigenvalue weighted by Gasteiger charge is 2.08. The number of benzene rings is 1. The SMILES string of the molecule is c1ccc(-c2[nH]ncc2-c2cccnc2)cc1. The zero-order chi connectivity index (χ0) is 11.5. The maximum absolute atomic E-state index is 4.13. The maximum Gasteiger partial charge on any atom is 0.0729 e. The van der Waals surface area contributed by atoms with Crippen molar-refractivity contribution in [3.05, 3.63) is 61.1 Å². The Morgan fingerprint density at radius 2 is 1.65 bits per heavy atom. The second kappa shape index (κ2) is 4.22. The van der Waals surface area contributed by atoms with Gasteiger partial charge in [0.05, 0.1) is 11.9 Å². The van der Waals surface area contributed by atoms with Gasteiger partial charge in [-0.2, -0.15) is 5.10 Å². The molecule has 1 N–H and O–H groups in total. The monoisotopic (exact) mass is 221 g/mol. The molecule has 0 spiro atoms. The van der Waals surface area contributed by atoms with Crippen molar-refractivity contribution in [2.45, 2.75) is 0 Å². The van der Waals surface area contributed by atoms with E-state index in [4.69, 9.17) is 0 Å². The number of aromatic amines is 1. The number of aromatic nitrogens is 3. The highest BCUT2D eigenvalue weighted by molar-refractivity contribution is 5.79. The fraction of sp³-hybridized carbons (Fsp3) is 0. The molecule has 3 aromatic rings. The van der Waals surface area contributed by atoms with Crippen LogP contribution in [-0.2, 0) is 0 Å². The summed E-state index contributed by atoms with van der Waals surface area (Å²) in [5.74, 6) is 0. The zero-order valence-corrected chi connectivity index (χ0v) is 9.17. The summed E-state index contributed by atoms with van der Waals surface area (Å²) >= 11 is 0. The summed E-state index contributed by atoms with van der Waals surface area (Å²) in [6, 6.07) is 14.1. The third-order valence-electron chi connectivity index (χ3n) is 2.67. The Kier molecular flexibility index (Phi) is 2.43. The summed E-state index contributed by atoms with van der Waals surface area (Å²) in [4.78, 5) is 4.13. The highest BCUT2D eigenvalue weighted by Crippen LogP contribution is 2.28. The van der Waals surface area contributed by atoms with Gasteiger partial charge in [-0.3, -0.25) is 10.1 Å². The zero-order valence-electron chi connectivity index (χ0n) is 9.17. The molecule has 3 rings (SSSR count). The predicted molar refractivity (Wildman–Crippen MR) is 67.3 cm³/mol. The van der Waals surface area contributed by atoms with Crippen molar-refractivity contribution in [2.75, 3.05) is 0 Å². The van der Waals surface area contributed by atoms with Gasteiger partial charge in [-0.1, -0.05) is 36.4 Å². The van der Waals surface area contributed by atoms with E-state index in [9.17, 15) is 0 Å². The molecule has 0 aliphatic carbocycles. The molecule has 1 aromatic carbocycles. The van der Waals surface area contributed by atoms with E-state index in [-0.39, 0.29) is 0 Å². The van der Waals surface area contributed by atoms with Gasteiger partial charge in [0.2, 0.25) is 0 Å². The van der Waals surface area contributed by atoms with Gasteiger partial charge in [-0.15, -0.1) is 0 Å². The lowest BCUT2D eigenvalue weighted by Gasteiger charge is -2.02. The lowest BCUT2D eigenvalue weighted by atomic mass is 10.0. The Morgan fingerprint density at radius 1 is 0.824 bits per heavy atom. The van der Waals surface area contributed by atoms with Gasteiger partial charge < -0.3 is 0 Å². The van der Waals surface area contributed by atoms with E-state index in [0.29, 0.717) is 0 Å². The molecule has 0 bridgehead atoms. The topological polar surface area (TPSA) is 41.6 Å². The van der Waals surface area contributed by atoms with Crippen LogP contribution in [0.15, 0.2) is 61.1 Å². The molecule has 82 valence electrons. The van der Waals surface area contributed by atoms with Gasteiger partial charge in [0.15, 0.2) is 0 Å². The van der Waals surface area contributed by atoms with E-state index in [1.807, 2.05) is 42.7 Å². The van der Waals surface area contributed by atoms with Crippen molar-refractivity contribution in [3.63, 3.8) is 0 Å². The Morgan fingerprint density at radius 3 is 2.41 bits per heavy atom. The molecule has 3 heteroatoms. The number of nitrogens with one attached hydrogen (secondary N) is 1. The molecular weight excluding hydrogens is 210 g/mol. The molecule has 3 nitrogen and oxygen atoms in total. The fourth-order valence-electron chi connectivity index (χ4n) is 1.85. The molecule has 2 heterocycles. The molecule has 0 saturated heterocycles. The van der Waals surface area contributed by atoms with E-state index < -0.39 is 0 Å². The van der Waals surface area contributed by atoms with Gasteiger partial charge in [0, 0.05) is 29.1 Å². The Hall–Kier alpha value is -2.42. The molecule has 0 radical (unpaired) electrons. The van der Waals surface area contributed by atoms with Crippen LogP contribution < -0.4 is 0 Å². The third kappa shape index (κ3) is 1.83. The second-order valence-electron chi connectivity index (χ2n) is 3.77. The van der Waals surface area contributed by atoms with Gasteiger partial charge in [-0.25, -0.2) is 0 Å². The smallest absolute Gasteiger partial charge is 0.0729 e. The average molecular weight is 221 g/mol. The van der Waals surface area contributed by atoms with Crippen LogP contribution >= 0.6 is 0 Å². The van der Waals surface area contributed by atoms with Crippen LogP contribution in [0, 0.1) is 0 Å². The summed E-state index contributed by atoms with van der Waals surface area (Å²) in [5.41, 5.74) is 4.30. The number of hydrogen-bond donors (Lipinski definition) is 1. The Balaban J connectivity index is 2.13. The molecule has 0 aliphatic heterocycles. The Labute approximate surface area is 99.2 Å². The lowest BCUT2D eigenvalue weighted by molar-refractivity contribution is 1.10. The fourth-order valence-corrected chi connectivity index (χ4v) is 1.85. The molecule has 2 aromatic heterocycles. The van der Waals surface area contributed by atoms with Crippen LogP contribution in [0.4, 0.5) is 0 Å². The number of H-pyrrole nitrogens is 1. The van der Waals surface area contributed by atoms with Crippen LogP contribution in [0.3, 0.4) is 0 Å². The first-order chi connectivity index (χ1) is 8.45. The van der Waals surface area contributed by atoms with Crippen LogP contribution in [-0.4, -0.2) is 15.2 Å². The molecule has 0 unspecified atom stereocenters. The second-order valence-corrected chi connectivity index (χ2v) is 3.77. The minimum atomic E-state index is 1.03. The van der Waals surface area contributed by atoms with Gasteiger partial charge in [0.25, 0.3) is 0 Å². The molecule has 17 heavy (non-hydrogen) atoms. The van der Waals surface area contributed by atoms with E-state index in [1.165, 1.54) is 0 Å². The van der Waals surface area contributed by atoms with E-state index in [2.05, 4.69) is 27.3 Å². The van der Waals surface area contributed by atoms with E-state index in [0.717, 1.165) is 22.4 Å². The van der Waals surface area contributed by atoms with Crippen LogP contribution in [0.2, 0.25) is 0 Å². The van der Waals surface area contributed by atoms with Crippen molar-refractivity contribution >= 4 is 0 Å². The average Bonchev–Trinajstić information content (AvgIpc) is 2.90. The summed E-state index contributed by atoms with van der Waals surface area (Å²) in [6.07, 6.45) is 5.45. The van der Waals surface area contributed by atoms with Gasteiger partial charge in [0.1, 0.15) is 0 Å². The quantitative estimate of drug-likeness (QED) is 0.722.